The van der Waals surface area contributed by atoms with Gasteiger partial charge in [0.25, 0.3) is 0 Å². The van der Waals surface area contributed by atoms with Crippen molar-refractivity contribution in [3.05, 3.63) is 41.9 Å². The van der Waals surface area contributed by atoms with Gasteiger partial charge in [0.1, 0.15) is 11.5 Å². The molecule has 0 aliphatic heterocycles. The lowest BCUT2D eigenvalue weighted by molar-refractivity contribution is 0.415. The van der Waals surface area contributed by atoms with Crippen LogP contribution >= 0.6 is 0 Å². The summed E-state index contributed by atoms with van der Waals surface area (Å²) in [5.74, 6) is 2.38. The number of aryl methyl sites for hydroxylation is 2. The largest absolute Gasteiger partial charge is 0.497 e. The quantitative estimate of drug-likeness (QED) is 0.692. The number of hydrogen-bond donors (Lipinski definition) is 0. The lowest BCUT2D eigenvalue weighted by Gasteiger charge is -2.00. The molecule has 0 unspecified atom stereocenters. The molecule has 92 valence electrons. The Bertz CT molecular complexity index is 692. The lowest BCUT2D eigenvalue weighted by Crippen LogP contribution is -1.83. The average Bonchev–Trinajstić information content (AvgIpc) is 2.91. The summed E-state index contributed by atoms with van der Waals surface area (Å²) in [5.41, 5.74) is 3.03. The number of rotatable bonds is 2. The lowest BCUT2D eigenvalue weighted by atomic mass is 10.2. The van der Waals surface area contributed by atoms with Gasteiger partial charge in [0.05, 0.1) is 18.5 Å². The zero-order chi connectivity index (χ0) is 12.7. The Hall–Kier alpha value is -2.23. The molecule has 4 nitrogen and oxygen atoms in total. The molecule has 0 aliphatic rings. The van der Waals surface area contributed by atoms with E-state index in [2.05, 4.69) is 4.98 Å². The molecule has 0 saturated carbocycles. The van der Waals surface area contributed by atoms with Crippen molar-refractivity contribution in [1.82, 2.24) is 9.38 Å². The molecule has 0 atom stereocenters. The first-order valence-electron chi connectivity index (χ1n) is 5.78. The Balaban J connectivity index is 2.07. The van der Waals surface area contributed by atoms with Crippen LogP contribution in [-0.2, 0) is 0 Å². The summed E-state index contributed by atoms with van der Waals surface area (Å²) in [6.07, 6.45) is 1.99. The van der Waals surface area contributed by atoms with Crippen LogP contribution in [-0.4, -0.2) is 16.5 Å². The number of fused-ring (bicyclic) bond motifs is 1. The molecule has 0 radical (unpaired) electrons. The fraction of sp³-hybridized carbons (Fsp3) is 0.214. The monoisotopic (exact) mass is 242 g/mol. The first-order valence-corrected chi connectivity index (χ1v) is 5.78. The van der Waals surface area contributed by atoms with Crippen molar-refractivity contribution >= 4 is 5.84 Å². The fourth-order valence-corrected chi connectivity index (χ4v) is 1.96. The SMILES string of the molecule is COc1ccc(-c2cn3c(C)c(C)oc3n2)cc1. The molecule has 0 saturated heterocycles. The number of aromatic nitrogens is 2. The van der Waals surface area contributed by atoms with Crippen LogP contribution in [0.15, 0.2) is 34.9 Å². The van der Waals surface area contributed by atoms with Crippen molar-refractivity contribution in [2.75, 3.05) is 7.11 Å². The van der Waals surface area contributed by atoms with Gasteiger partial charge in [-0.05, 0) is 38.1 Å². The number of benzene rings is 1. The van der Waals surface area contributed by atoms with Gasteiger partial charge in [0.15, 0.2) is 0 Å². The van der Waals surface area contributed by atoms with Gasteiger partial charge in [-0.25, -0.2) is 0 Å². The zero-order valence-electron chi connectivity index (χ0n) is 10.6. The van der Waals surface area contributed by atoms with E-state index in [9.17, 15) is 0 Å². The molecule has 0 fully saturated rings. The number of oxazole rings is 1. The minimum Gasteiger partial charge on any atom is -0.497 e. The van der Waals surface area contributed by atoms with Crippen molar-refractivity contribution in [1.29, 1.82) is 0 Å². The van der Waals surface area contributed by atoms with E-state index in [-0.39, 0.29) is 0 Å². The molecule has 2 heterocycles. The predicted octanol–water partition coefficient (Wildman–Crippen LogP) is 3.22. The molecule has 2 aromatic heterocycles. The van der Waals surface area contributed by atoms with E-state index >= 15 is 0 Å². The summed E-state index contributed by atoms with van der Waals surface area (Å²) in [6, 6.07) is 7.83. The highest BCUT2D eigenvalue weighted by Crippen LogP contribution is 2.24. The summed E-state index contributed by atoms with van der Waals surface area (Å²) in [5, 5.41) is 0. The van der Waals surface area contributed by atoms with Crippen LogP contribution in [0, 0.1) is 13.8 Å². The van der Waals surface area contributed by atoms with Crippen molar-refractivity contribution < 1.29 is 9.15 Å². The standard InChI is InChI=1S/C14H14N2O2/c1-9-10(2)18-14-15-13(8-16(9)14)11-4-6-12(17-3)7-5-11/h4-8H,1-3H3. The summed E-state index contributed by atoms with van der Waals surface area (Å²) < 4.78 is 12.7. The summed E-state index contributed by atoms with van der Waals surface area (Å²) in [6.45, 7) is 3.96. The average molecular weight is 242 g/mol. The summed E-state index contributed by atoms with van der Waals surface area (Å²) >= 11 is 0. The van der Waals surface area contributed by atoms with Gasteiger partial charge in [-0.1, -0.05) is 0 Å². The Morgan fingerprint density at radius 3 is 2.50 bits per heavy atom. The third kappa shape index (κ3) is 1.57. The van der Waals surface area contributed by atoms with Crippen LogP contribution in [0.1, 0.15) is 11.5 Å². The molecule has 0 spiro atoms. The van der Waals surface area contributed by atoms with Gasteiger partial charge < -0.3 is 9.15 Å². The summed E-state index contributed by atoms with van der Waals surface area (Å²) in [4.78, 5) is 4.48. The number of imidazole rings is 1. The highest BCUT2D eigenvalue weighted by molar-refractivity contribution is 5.62. The van der Waals surface area contributed by atoms with Crippen molar-refractivity contribution in [2.24, 2.45) is 0 Å². The molecule has 0 bridgehead atoms. The number of methoxy groups -OCH3 is 1. The van der Waals surface area contributed by atoms with Gasteiger partial charge in [-0.2, -0.15) is 4.98 Å². The molecule has 0 aliphatic carbocycles. The minimum absolute atomic E-state index is 0.635. The molecule has 4 heteroatoms. The number of hydrogen-bond acceptors (Lipinski definition) is 3. The van der Waals surface area contributed by atoms with Crippen LogP contribution in [0.25, 0.3) is 17.1 Å². The summed E-state index contributed by atoms with van der Waals surface area (Å²) in [7, 11) is 1.66. The Morgan fingerprint density at radius 2 is 1.89 bits per heavy atom. The highest BCUT2D eigenvalue weighted by Gasteiger charge is 2.11. The van der Waals surface area contributed by atoms with Crippen LogP contribution in [0.5, 0.6) is 5.75 Å². The third-order valence-corrected chi connectivity index (χ3v) is 3.17. The first-order chi connectivity index (χ1) is 8.69. The van der Waals surface area contributed by atoms with E-state index in [1.54, 1.807) is 7.11 Å². The molecule has 1 aromatic carbocycles. The van der Waals surface area contributed by atoms with Crippen molar-refractivity contribution in [3.63, 3.8) is 0 Å². The normalized spacial score (nSPS) is 11.1. The van der Waals surface area contributed by atoms with Crippen LogP contribution in [0.3, 0.4) is 0 Å². The number of ether oxygens (including phenoxy) is 1. The van der Waals surface area contributed by atoms with Crippen LogP contribution < -0.4 is 4.74 Å². The maximum absolute atomic E-state index is 5.57. The second kappa shape index (κ2) is 3.91. The predicted molar refractivity (Wildman–Crippen MR) is 68.9 cm³/mol. The van der Waals surface area contributed by atoms with Gasteiger partial charge in [0.2, 0.25) is 0 Å². The second-order valence-corrected chi connectivity index (χ2v) is 4.25. The Morgan fingerprint density at radius 1 is 1.17 bits per heavy atom. The van der Waals surface area contributed by atoms with E-state index in [0.29, 0.717) is 5.84 Å². The Kier molecular flexibility index (Phi) is 2.37. The fourth-order valence-electron chi connectivity index (χ4n) is 1.96. The van der Waals surface area contributed by atoms with E-state index in [1.165, 1.54) is 0 Å². The molecule has 3 rings (SSSR count). The molecule has 0 amide bonds. The van der Waals surface area contributed by atoms with E-state index in [1.807, 2.05) is 48.7 Å². The van der Waals surface area contributed by atoms with Crippen molar-refractivity contribution in [3.8, 4) is 17.0 Å². The highest BCUT2D eigenvalue weighted by atomic mass is 16.5. The van der Waals surface area contributed by atoms with Gasteiger partial charge in [-0.3, -0.25) is 4.40 Å². The third-order valence-electron chi connectivity index (χ3n) is 3.17. The smallest absolute Gasteiger partial charge is 0.306 e. The molecular weight excluding hydrogens is 228 g/mol. The number of nitrogens with zero attached hydrogens (tertiary/aromatic N) is 2. The molecular formula is C14H14N2O2. The van der Waals surface area contributed by atoms with E-state index in [4.69, 9.17) is 9.15 Å². The van der Waals surface area contributed by atoms with E-state index < -0.39 is 0 Å². The second-order valence-electron chi connectivity index (χ2n) is 4.25. The maximum atomic E-state index is 5.57. The topological polar surface area (TPSA) is 39.7 Å². The van der Waals surface area contributed by atoms with Crippen LogP contribution in [0.2, 0.25) is 0 Å². The van der Waals surface area contributed by atoms with Gasteiger partial charge in [0, 0.05) is 11.8 Å². The molecule has 18 heavy (non-hydrogen) atoms. The Labute approximate surface area is 105 Å². The van der Waals surface area contributed by atoms with E-state index in [0.717, 1.165) is 28.5 Å². The molecule has 3 aromatic rings. The maximum Gasteiger partial charge on any atom is 0.306 e. The van der Waals surface area contributed by atoms with Crippen molar-refractivity contribution in [2.45, 2.75) is 13.8 Å². The first kappa shape index (κ1) is 10.9. The van der Waals surface area contributed by atoms with Crippen LogP contribution in [0.4, 0.5) is 0 Å². The molecule has 0 N–H and O–H groups in total. The minimum atomic E-state index is 0.635. The van der Waals surface area contributed by atoms with Gasteiger partial charge in [-0.15, -0.1) is 0 Å². The van der Waals surface area contributed by atoms with Gasteiger partial charge >= 0.3 is 5.84 Å². The zero-order valence-corrected chi connectivity index (χ0v) is 10.6.